The zero-order valence-corrected chi connectivity index (χ0v) is 7.70. The first kappa shape index (κ1) is 9.77. The number of halogens is 1. The molecule has 0 radical (unpaired) electrons. The molecule has 0 unspecified atom stereocenters. The minimum absolute atomic E-state index is 0.843. The van der Waals surface area contributed by atoms with Crippen molar-refractivity contribution in [1.29, 1.82) is 0 Å². The Labute approximate surface area is 68.6 Å². The molecule has 0 aromatic carbocycles. The summed E-state index contributed by atoms with van der Waals surface area (Å²) in [7, 11) is 0. The van der Waals surface area contributed by atoms with Crippen LogP contribution in [0, 0.1) is 0 Å². The Balaban J connectivity index is 3.79. The summed E-state index contributed by atoms with van der Waals surface area (Å²) in [6, 6.07) is 0. The molecule has 0 aromatic heterocycles. The lowest BCUT2D eigenvalue weighted by molar-refractivity contribution is 0.905. The highest BCUT2D eigenvalue weighted by Crippen LogP contribution is 2.05. The van der Waals surface area contributed by atoms with Gasteiger partial charge in [-0.25, -0.2) is 0 Å². The van der Waals surface area contributed by atoms with Crippen LogP contribution in [0.1, 0.15) is 33.6 Å². The molecule has 0 spiro atoms. The maximum Gasteiger partial charge on any atom is 0.0149 e. The summed E-state index contributed by atoms with van der Waals surface area (Å²) in [5.74, 6) is 0. The molecule has 0 aliphatic rings. The van der Waals surface area contributed by atoms with Crippen molar-refractivity contribution >= 4 is 11.6 Å². The fourth-order valence-corrected chi connectivity index (χ4v) is 0.798. The molecule has 0 aromatic rings. The van der Waals surface area contributed by atoms with Crippen molar-refractivity contribution < 1.29 is 0 Å². The Kier molecular flexibility index (Phi) is 5.42. The smallest absolute Gasteiger partial charge is 0.0149 e. The summed E-state index contributed by atoms with van der Waals surface area (Å²) in [5.41, 5.74) is 1.39. The third-order valence-electron chi connectivity index (χ3n) is 1.24. The molecule has 0 rings (SSSR count). The monoisotopic (exact) mass is 158 g/mol. The normalized spacial score (nSPS) is 14.0. The van der Waals surface area contributed by atoms with Gasteiger partial charge in [0.15, 0.2) is 0 Å². The maximum atomic E-state index is 5.64. The van der Waals surface area contributed by atoms with E-state index in [9.17, 15) is 0 Å². The van der Waals surface area contributed by atoms with E-state index in [1.807, 2.05) is 13.0 Å². The van der Waals surface area contributed by atoms with E-state index in [-0.39, 0.29) is 0 Å². The first-order valence-corrected chi connectivity index (χ1v) is 4.04. The van der Waals surface area contributed by atoms with Crippen LogP contribution < -0.4 is 0 Å². The van der Waals surface area contributed by atoms with Crippen LogP contribution in [0.25, 0.3) is 0 Å². The highest BCUT2D eigenvalue weighted by atomic mass is 35.5. The topological polar surface area (TPSA) is 0 Å². The van der Waals surface area contributed by atoms with Gasteiger partial charge in [-0.15, -0.1) is 0 Å². The zero-order chi connectivity index (χ0) is 7.98. The molecule has 0 aliphatic carbocycles. The molecule has 0 nitrogen and oxygen atoms in total. The fraction of sp³-hybridized carbons (Fsp3) is 0.556. The third-order valence-corrected chi connectivity index (χ3v) is 1.37. The van der Waals surface area contributed by atoms with Crippen molar-refractivity contribution in [2.75, 3.05) is 0 Å². The molecule has 0 saturated carbocycles. The number of allylic oxidation sites excluding steroid dienone is 4. The SMILES string of the molecule is CCC/C(C)=C\C=C(/C)Cl. The van der Waals surface area contributed by atoms with E-state index in [2.05, 4.69) is 19.9 Å². The molecule has 0 heterocycles. The van der Waals surface area contributed by atoms with Crippen LogP contribution in [0.3, 0.4) is 0 Å². The Morgan fingerprint density at radius 3 is 2.30 bits per heavy atom. The van der Waals surface area contributed by atoms with Gasteiger partial charge in [0, 0.05) is 5.03 Å². The molecule has 0 saturated heterocycles. The molecule has 0 N–H and O–H groups in total. The second kappa shape index (κ2) is 5.55. The quantitative estimate of drug-likeness (QED) is 0.547. The van der Waals surface area contributed by atoms with Crippen molar-refractivity contribution in [2.45, 2.75) is 33.6 Å². The van der Waals surface area contributed by atoms with Crippen LogP contribution in [-0.4, -0.2) is 0 Å². The van der Waals surface area contributed by atoms with Crippen molar-refractivity contribution in [2.24, 2.45) is 0 Å². The van der Waals surface area contributed by atoms with E-state index in [0.29, 0.717) is 0 Å². The molecule has 0 bridgehead atoms. The summed E-state index contributed by atoms with van der Waals surface area (Å²) < 4.78 is 0. The van der Waals surface area contributed by atoms with E-state index >= 15 is 0 Å². The molecular formula is C9H15Cl. The molecule has 0 fully saturated rings. The molecule has 0 aliphatic heterocycles. The van der Waals surface area contributed by atoms with Crippen LogP contribution in [0.5, 0.6) is 0 Å². The Morgan fingerprint density at radius 1 is 1.30 bits per heavy atom. The zero-order valence-electron chi connectivity index (χ0n) is 6.95. The minimum Gasteiger partial charge on any atom is -0.0895 e. The summed E-state index contributed by atoms with van der Waals surface area (Å²) in [4.78, 5) is 0. The number of hydrogen-bond acceptors (Lipinski definition) is 0. The van der Waals surface area contributed by atoms with Crippen molar-refractivity contribution in [1.82, 2.24) is 0 Å². The molecule has 58 valence electrons. The minimum atomic E-state index is 0.843. The fourth-order valence-electron chi connectivity index (χ4n) is 0.735. The Bertz CT molecular complexity index is 139. The van der Waals surface area contributed by atoms with Gasteiger partial charge in [-0.1, -0.05) is 36.6 Å². The van der Waals surface area contributed by atoms with E-state index in [1.165, 1.54) is 18.4 Å². The second-order valence-corrected chi connectivity index (χ2v) is 3.11. The van der Waals surface area contributed by atoms with Crippen LogP contribution in [0.2, 0.25) is 0 Å². The van der Waals surface area contributed by atoms with Crippen LogP contribution in [0.4, 0.5) is 0 Å². The highest BCUT2D eigenvalue weighted by Gasteiger charge is 1.83. The van der Waals surface area contributed by atoms with Crippen LogP contribution >= 0.6 is 11.6 Å². The molecule has 0 amide bonds. The first-order valence-electron chi connectivity index (χ1n) is 3.66. The van der Waals surface area contributed by atoms with E-state index in [1.54, 1.807) is 0 Å². The highest BCUT2D eigenvalue weighted by molar-refractivity contribution is 6.29. The van der Waals surface area contributed by atoms with Gasteiger partial charge in [0.25, 0.3) is 0 Å². The summed E-state index contributed by atoms with van der Waals surface area (Å²) in [6.07, 6.45) is 6.39. The van der Waals surface area contributed by atoms with Gasteiger partial charge in [0.1, 0.15) is 0 Å². The van der Waals surface area contributed by atoms with E-state index in [0.717, 1.165) is 5.03 Å². The molecule has 10 heavy (non-hydrogen) atoms. The summed E-state index contributed by atoms with van der Waals surface area (Å²) >= 11 is 5.64. The largest absolute Gasteiger partial charge is 0.0895 e. The van der Waals surface area contributed by atoms with Gasteiger partial charge in [0.05, 0.1) is 0 Å². The number of hydrogen-bond donors (Lipinski definition) is 0. The van der Waals surface area contributed by atoms with E-state index in [4.69, 9.17) is 11.6 Å². The predicted octanol–water partition coefficient (Wildman–Crippen LogP) is 3.88. The van der Waals surface area contributed by atoms with Crippen molar-refractivity contribution in [3.63, 3.8) is 0 Å². The molecule has 1 heteroatoms. The molecule has 0 atom stereocenters. The van der Waals surface area contributed by atoms with Gasteiger partial charge in [0.2, 0.25) is 0 Å². The van der Waals surface area contributed by atoms with E-state index < -0.39 is 0 Å². The first-order chi connectivity index (χ1) is 4.66. The lowest BCUT2D eigenvalue weighted by atomic mass is 10.1. The lowest BCUT2D eigenvalue weighted by Crippen LogP contribution is -1.72. The van der Waals surface area contributed by atoms with Gasteiger partial charge >= 0.3 is 0 Å². The summed E-state index contributed by atoms with van der Waals surface area (Å²) in [6.45, 7) is 6.19. The van der Waals surface area contributed by atoms with Gasteiger partial charge in [-0.2, -0.15) is 0 Å². The third kappa shape index (κ3) is 5.90. The van der Waals surface area contributed by atoms with Gasteiger partial charge < -0.3 is 0 Å². The average Bonchev–Trinajstić information content (AvgIpc) is 1.85. The van der Waals surface area contributed by atoms with Crippen LogP contribution in [-0.2, 0) is 0 Å². The summed E-state index contributed by atoms with van der Waals surface area (Å²) in [5, 5.41) is 0.843. The average molecular weight is 159 g/mol. The van der Waals surface area contributed by atoms with Gasteiger partial charge in [-0.05, 0) is 26.3 Å². The Hall–Kier alpha value is -0.230. The second-order valence-electron chi connectivity index (χ2n) is 2.52. The molecular weight excluding hydrogens is 144 g/mol. The van der Waals surface area contributed by atoms with Gasteiger partial charge in [-0.3, -0.25) is 0 Å². The van der Waals surface area contributed by atoms with Crippen molar-refractivity contribution in [3.8, 4) is 0 Å². The maximum absolute atomic E-state index is 5.64. The predicted molar refractivity (Wildman–Crippen MR) is 48.3 cm³/mol. The Morgan fingerprint density at radius 2 is 1.90 bits per heavy atom. The van der Waals surface area contributed by atoms with Crippen LogP contribution in [0.15, 0.2) is 22.8 Å². The standard InChI is InChI=1S/C9H15Cl/c1-4-5-8(2)6-7-9(3)10/h6-7H,4-5H2,1-3H3/b8-6-,9-7+. The van der Waals surface area contributed by atoms with Crippen molar-refractivity contribution in [3.05, 3.63) is 22.8 Å². The number of rotatable bonds is 3. The lowest BCUT2D eigenvalue weighted by Gasteiger charge is -1.93.